The van der Waals surface area contributed by atoms with Crippen LogP contribution in [0.4, 0.5) is 0 Å². The monoisotopic (exact) mass is 272 g/mol. The SMILES string of the molecule is CCC(c1ccccc1)C(Cl)c1cc(C)ccc1C. The molecule has 0 aliphatic carbocycles. The van der Waals surface area contributed by atoms with Crippen LogP contribution in [-0.2, 0) is 0 Å². The number of halogens is 1. The molecule has 0 N–H and O–H groups in total. The summed E-state index contributed by atoms with van der Waals surface area (Å²) in [5, 5.41) is 0.0345. The van der Waals surface area contributed by atoms with Crippen molar-refractivity contribution in [1.29, 1.82) is 0 Å². The Hall–Kier alpha value is -1.27. The van der Waals surface area contributed by atoms with E-state index < -0.39 is 0 Å². The lowest BCUT2D eigenvalue weighted by Gasteiger charge is -2.23. The third-order valence-electron chi connectivity index (χ3n) is 3.75. The summed E-state index contributed by atoms with van der Waals surface area (Å²) in [7, 11) is 0. The molecule has 2 unspecified atom stereocenters. The number of hydrogen-bond acceptors (Lipinski definition) is 0. The summed E-state index contributed by atoms with van der Waals surface area (Å²) in [4.78, 5) is 0. The molecule has 1 heteroatoms. The van der Waals surface area contributed by atoms with Crippen LogP contribution in [0.15, 0.2) is 48.5 Å². The van der Waals surface area contributed by atoms with Crippen molar-refractivity contribution in [3.05, 3.63) is 70.8 Å². The van der Waals surface area contributed by atoms with Gasteiger partial charge in [0.2, 0.25) is 0 Å². The largest absolute Gasteiger partial charge is 0.117 e. The van der Waals surface area contributed by atoms with E-state index >= 15 is 0 Å². The molecule has 0 saturated heterocycles. The summed E-state index contributed by atoms with van der Waals surface area (Å²) in [6.07, 6.45) is 1.05. The zero-order valence-electron chi connectivity index (χ0n) is 11.9. The van der Waals surface area contributed by atoms with E-state index in [0.29, 0.717) is 5.92 Å². The summed E-state index contributed by atoms with van der Waals surface area (Å²) in [5.41, 5.74) is 5.14. The highest BCUT2D eigenvalue weighted by Gasteiger charge is 2.22. The summed E-state index contributed by atoms with van der Waals surface area (Å²) in [5.74, 6) is 0.364. The Morgan fingerprint density at radius 3 is 2.32 bits per heavy atom. The molecule has 0 spiro atoms. The lowest BCUT2D eigenvalue weighted by molar-refractivity contribution is 0.638. The Morgan fingerprint density at radius 2 is 1.68 bits per heavy atom. The zero-order valence-corrected chi connectivity index (χ0v) is 12.6. The first-order valence-electron chi connectivity index (χ1n) is 6.89. The van der Waals surface area contributed by atoms with Gasteiger partial charge < -0.3 is 0 Å². The maximum Gasteiger partial charge on any atom is 0.0656 e. The van der Waals surface area contributed by atoms with Gasteiger partial charge in [0.15, 0.2) is 0 Å². The summed E-state index contributed by atoms with van der Waals surface area (Å²) in [6.45, 7) is 6.47. The van der Waals surface area contributed by atoms with Crippen molar-refractivity contribution in [3.63, 3.8) is 0 Å². The fourth-order valence-electron chi connectivity index (χ4n) is 2.59. The first-order chi connectivity index (χ1) is 9.13. The van der Waals surface area contributed by atoms with Gasteiger partial charge >= 0.3 is 0 Å². The lowest BCUT2D eigenvalue weighted by Crippen LogP contribution is -2.07. The summed E-state index contributed by atoms with van der Waals surface area (Å²) >= 11 is 6.78. The Bertz CT molecular complexity index is 531. The Labute approximate surface area is 121 Å². The summed E-state index contributed by atoms with van der Waals surface area (Å²) < 4.78 is 0. The Morgan fingerprint density at radius 1 is 1.00 bits per heavy atom. The van der Waals surface area contributed by atoms with Gasteiger partial charge in [-0.1, -0.05) is 61.0 Å². The maximum atomic E-state index is 6.78. The standard InChI is InChI=1S/C18H21Cl/c1-4-16(15-8-6-5-7-9-15)18(19)17-12-13(2)10-11-14(17)3/h5-12,16,18H,4H2,1-3H3. The van der Waals surface area contributed by atoms with E-state index in [9.17, 15) is 0 Å². The van der Waals surface area contributed by atoms with Gasteiger partial charge in [-0.3, -0.25) is 0 Å². The second-order valence-corrected chi connectivity index (χ2v) is 5.66. The smallest absolute Gasteiger partial charge is 0.0656 e. The van der Waals surface area contributed by atoms with E-state index in [2.05, 4.69) is 69.3 Å². The van der Waals surface area contributed by atoms with Crippen LogP contribution in [-0.4, -0.2) is 0 Å². The molecular weight excluding hydrogens is 252 g/mol. The average molecular weight is 273 g/mol. The molecule has 2 aromatic rings. The van der Waals surface area contributed by atoms with Crippen molar-refractivity contribution in [2.24, 2.45) is 0 Å². The molecule has 0 bridgehead atoms. The van der Waals surface area contributed by atoms with Crippen molar-refractivity contribution < 1.29 is 0 Å². The van der Waals surface area contributed by atoms with Gasteiger partial charge in [-0.15, -0.1) is 11.6 Å². The van der Waals surface area contributed by atoms with Gasteiger partial charge in [-0.25, -0.2) is 0 Å². The van der Waals surface area contributed by atoms with E-state index in [4.69, 9.17) is 11.6 Å². The molecule has 2 aromatic carbocycles. The Balaban J connectivity index is 2.36. The van der Waals surface area contributed by atoms with E-state index in [-0.39, 0.29) is 5.38 Å². The predicted molar refractivity (Wildman–Crippen MR) is 84.0 cm³/mol. The van der Waals surface area contributed by atoms with E-state index in [0.717, 1.165) is 6.42 Å². The molecule has 0 aromatic heterocycles. The molecule has 2 rings (SSSR count). The molecule has 0 amide bonds. The third kappa shape index (κ3) is 3.19. The molecule has 0 nitrogen and oxygen atoms in total. The van der Waals surface area contributed by atoms with Crippen LogP contribution in [0.5, 0.6) is 0 Å². The highest BCUT2D eigenvalue weighted by molar-refractivity contribution is 6.21. The second kappa shape index (κ2) is 6.25. The van der Waals surface area contributed by atoms with E-state index in [1.54, 1.807) is 0 Å². The molecule has 0 fully saturated rings. The number of alkyl halides is 1. The van der Waals surface area contributed by atoms with Crippen molar-refractivity contribution in [1.82, 2.24) is 0 Å². The van der Waals surface area contributed by atoms with Gasteiger partial charge in [0.25, 0.3) is 0 Å². The average Bonchev–Trinajstić information content (AvgIpc) is 2.43. The van der Waals surface area contributed by atoms with Crippen LogP contribution in [0.1, 0.15) is 46.9 Å². The molecule has 2 atom stereocenters. The van der Waals surface area contributed by atoms with Crippen molar-refractivity contribution in [2.75, 3.05) is 0 Å². The van der Waals surface area contributed by atoms with Crippen molar-refractivity contribution >= 4 is 11.6 Å². The normalized spacial score (nSPS) is 14.1. The molecule has 0 aliphatic heterocycles. The van der Waals surface area contributed by atoms with Crippen LogP contribution >= 0.6 is 11.6 Å². The van der Waals surface area contributed by atoms with Crippen LogP contribution in [0.25, 0.3) is 0 Å². The molecule has 0 radical (unpaired) electrons. The predicted octanol–water partition coefficient (Wildman–Crippen LogP) is 5.78. The Kier molecular flexibility index (Phi) is 4.66. The van der Waals surface area contributed by atoms with Gasteiger partial charge in [-0.2, -0.15) is 0 Å². The number of aryl methyl sites for hydroxylation is 2. The minimum absolute atomic E-state index is 0.0345. The highest BCUT2D eigenvalue weighted by atomic mass is 35.5. The molecule has 19 heavy (non-hydrogen) atoms. The third-order valence-corrected chi connectivity index (χ3v) is 4.29. The van der Waals surface area contributed by atoms with E-state index in [1.807, 2.05) is 0 Å². The number of benzene rings is 2. The van der Waals surface area contributed by atoms with Crippen molar-refractivity contribution in [3.8, 4) is 0 Å². The van der Waals surface area contributed by atoms with Gasteiger partial charge in [0, 0.05) is 5.92 Å². The van der Waals surface area contributed by atoms with Gasteiger partial charge in [-0.05, 0) is 37.0 Å². The van der Waals surface area contributed by atoms with Crippen LogP contribution < -0.4 is 0 Å². The minimum atomic E-state index is 0.0345. The maximum absolute atomic E-state index is 6.78. The molecule has 0 heterocycles. The minimum Gasteiger partial charge on any atom is -0.117 e. The fourth-order valence-corrected chi connectivity index (χ4v) is 3.14. The lowest BCUT2D eigenvalue weighted by atomic mass is 9.87. The molecular formula is C18H21Cl. The summed E-state index contributed by atoms with van der Waals surface area (Å²) in [6, 6.07) is 17.1. The van der Waals surface area contributed by atoms with Crippen LogP contribution in [0.2, 0.25) is 0 Å². The first kappa shape index (κ1) is 14.1. The quantitative estimate of drug-likeness (QED) is 0.619. The number of rotatable bonds is 4. The van der Waals surface area contributed by atoms with Gasteiger partial charge in [0.05, 0.1) is 5.38 Å². The van der Waals surface area contributed by atoms with Gasteiger partial charge in [0.1, 0.15) is 0 Å². The highest BCUT2D eigenvalue weighted by Crippen LogP contribution is 2.40. The second-order valence-electron chi connectivity index (χ2n) is 5.19. The molecule has 100 valence electrons. The van der Waals surface area contributed by atoms with Crippen LogP contribution in [0, 0.1) is 13.8 Å². The fraction of sp³-hybridized carbons (Fsp3) is 0.333. The van der Waals surface area contributed by atoms with Crippen molar-refractivity contribution in [2.45, 2.75) is 38.5 Å². The first-order valence-corrected chi connectivity index (χ1v) is 7.33. The molecule has 0 aliphatic rings. The number of hydrogen-bond donors (Lipinski definition) is 0. The van der Waals surface area contributed by atoms with E-state index in [1.165, 1.54) is 22.3 Å². The zero-order chi connectivity index (χ0) is 13.8. The van der Waals surface area contributed by atoms with Crippen LogP contribution in [0.3, 0.4) is 0 Å². The topological polar surface area (TPSA) is 0 Å². The molecule has 0 saturated carbocycles.